The minimum Gasteiger partial charge on any atom is -0.337 e. The number of aryl methyl sites for hydroxylation is 1. The van der Waals surface area contributed by atoms with E-state index in [0.717, 1.165) is 17.8 Å². The van der Waals surface area contributed by atoms with Crippen LogP contribution in [-0.2, 0) is 0 Å². The van der Waals surface area contributed by atoms with Crippen molar-refractivity contribution in [2.45, 2.75) is 45.1 Å². The third kappa shape index (κ3) is 2.43. The molecule has 1 aromatic heterocycles. The molecule has 0 N–H and O–H groups in total. The summed E-state index contributed by atoms with van der Waals surface area (Å²) in [5.74, 6) is 0.0799. The van der Waals surface area contributed by atoms with Crippen molar-refractivity contribution in [3.05, 3.63) is 16.1 Å². The Kier molecular flexibility index (Phi) is 3.59. The normalized spacial score (nSPS) is 17.4. The Labute approximate surface area is 100 Å². The SMILES string of the molecule is Cc1nc(C(=O)N(C)C2CCCCC2)cs1. The third-order valence-electron chi connectivity index (χ3n) is 3.28. The summed E-state index contributed by atoms with van der Waals surface area (Å²) in [5, 5.41) is 2.82. The largest absolute Gasteiger partial charge is 0.337 e. The number of hydrogen-bond acceptors (Lipinski definition) is 3. The Hall–Kier alpha value is -0.900. The first kappa shape index (κ1) is 11.6. The zero-order chi connectivity index (χ0) is 11.5. The maximum absolute atomic E-state index is 12.1. The number of aromatic nitrogens is 1. The van der Waals surface area contributed by atoms with Crippen molar-refractivity contribution in [1.82, 2.24) is 9.88 Å². The van der Waals surface area contributed by atoms with Crippen LogP contribution >= 0.6 is 11.3 Å². The zero-order valence-corrected chi connectivity index (χ0v) is 10.7. The summed E-state index contributed by atoms with van der Waals surface area (Å²) < 4.78 is 0. The first-order chi connectivity index (χ1) is 7.68. The fourth-order valence-electron chi connectivity index (χ4n) is 2.28. The van der Waals surface area contributed by atoms with Gasteiger partial charge in [-0.3, -0.25) is 4.79 Å². The van der Waals surface area contributed by atoms with E-state index in [1.54, 1.807) is 0 Å². The Morgan fingerprint density at radius 2 is 2.12 bits per heavy atom. The molecule has 0 saturated heterocycles. The zero-order valence-electron chi connectivity index (χ0n) is 9.90. The average molecular weight is 238 g/mol. The van der Waals surface area contributed by atoms with Crippen molar-refractivity contribution in [1.29, 1.82) is 0 Å². The van der Waals surface area contributed by atoms with Gasteiger partial charge in [0.05, 0.1) is 5.01 Å². The molecular weight excluding hydrogens is 220 g/mol. The van der Waals surface area contributed by atoms with Crippen LogP contribution in [0, 0.1) is 6.92 Å². The molecule has 2 rings (SSSR count). The van der Waals surface area contributed by atoms with Crippen molar-refractivity contribution in [2.24, 2.45) is 0 Å². The summed E-state index contributed by atoms with van der Waals surface area (Å²) in [6.45, 7) is 1.93. The number of rotatable bonds is 2. The van der Waals surface area contributed by atoms with Gasteiger partial charge in [-0.25, -0.2) is 4.98 Å². The van der Waals surface area contributed by atoms with Gasteiger partial charge >= 0.3 is 0 Å². The minimum atomic E-state index is 0.0799. The van der Waals surface area contributed by atoms with Crippen LogP contribution < -0.4 is 0 Å². The van der Waals surface area contributed by atoms with E-state index >= 15 is 0 Å². The fourth-order valence-corrected chi connectivity index (χ4v) is 2.86. The van der Waals surface area contributed by atoms with E-state index in [4.69, 9.17) is 0 Å². The van der Waals surface area contributed by atoms with Gasteiger partial charge in [0.1, 0.15) is 5.69 Å². The Bertz CT molecular complexity index is 369. The number of carbonyl (C=O) groups excluding carboxylic acids is 1. The number of nitrogens with zero attached hydrogens (tertiary/aromatic N) is 2. The van der Waals surface area contributed by atoms with Gasteiger partial charge in [-0.2, -0.15) is 0 Å². The smallest absolute Gasteiger partial charge is 0.273 e. The molecule has 88 valence electrons. The molecular formula is C12H18N2OS. The molecule has 3 nitrogen and oxygen atoms in total. The standard InChI is InChI=1S/C12H18N2OS/c1-9-13-11(8-16-9)12(15)14(2)10-6-4-3-5-7-10/h8,10H,3-7H2,1-2H3. The molecule has 1 saturated carbocycles. The lowest BCUT2D eigenvalue weighted by atomic mass is 9.94. The number of hydrogen-bond donors (Lipinski definition) is 0. The van der Waals surface area contributed by atoms with Gasteiger partial charge in [0.2, 0.25) is 0 Å². The van der Waals surface area contributed by atoms with Crippen LogP contribution in [0.1, 0.15) is 47.6 Å². The highest BCUT2D eigenvalue weighted by Crippen LogP contribution is 2.23. The van der Waals surface area contributed by atoms with Gasteiger partial charge in [0.15, 0.2) is 0 Å². The van der Waals surface area contributed by atoms with Crippen LogP contribution in [0.2, 0.25) is 0 Å². The summed E-state index contributed by atoms with van der Waals surface area (Å²) in [6, 6.07) is 0.420. The maximum atomic E-state index is 12.1. The lowest BCUT2D eigenvalue weighted by Gasteiger charge is -2.30. The fraction of sp³-hybridized carbons (Fsp3) is 0.667. The predicted molar refractivity (Wildman–Crippen MR) is 65.8 cm³/mol. The second-order valence-electron chi connectivity index (χ2n) is 4.46. The second kappa shape index (κ2) is 4.95. The second-order valence-corrected chi connectivity index (χ2v) is 5.52. The molecule has 1 aliphatic rings. The minimum absolute atomic E-state index is 0.0799. The topological polar surface area (TPSA) is 33.2 Å². The van der Waals surface area contributed by atoms with Crippen LogP contribution in [0.4, 0.5) is 0 Å². The maximum Gasteiger partial charge on any atom is 0.273 e. The van der Waals surface area contributed by atoms with E-state index in [9.17, 15) is 4.79 Å². The van der Waals surface area contributed by atoms with Gasteiger partial charge in [-0.1, -0.05) is 19.3 Å². The molecule has 0 radical (unpaired) electrons. The van der Waals surface area contributed by atoms with Crippen molar-refractivity contribution in [3.8, 4) is 0 Å². The van der Waals surface area contributed by atoms with Crippen LogP contribution in [-0.4, -0.2) is 28.9 Å². The number of amides is 1. The van der Waals surface area contributed by atoms with E-state index in [1.165, 1.54) is 30.6 Å². The van der Waals surface area contributed by atoms with E-state index in [2.05, 4.69) is 4.98 Å². The highest BCUT2D eigenvalue weighted by Gasteiger charge is 2.24. The van der Waals surface area contributed by atoms with E-state index in [-0.39, 0.29) is 5.91 Å². The molecule has 0 atom stereocenters. The van der Waals surface area contributed by atoms with Crippen molar-refractivity contribution < 1.29 is 4.79 Å². The summed E-state index contributed by atoms with van der Waals surface area (Å²) >= 11 is 1.54. The Morgan fingerprint density at radius 3 is 2.69 bits per heavy atom. The van der Waals surface area contributed by atoms with Gasteiger partial charge in [-0.05, 0) is 19.8 Å². The van der Waals surface area contributed by atoms with Crippen LogP contribution in [0.25, 0.3) is 0 Å². The molecule has 0 bridgehead atoms. The summed E-state index contributed by atoms with van der Waals surface area (Å²) in [5.41, 5.74) is 0.607. The Morgan fingerprint density at radius 1 is 1.44 bits per heavy atom. The molecule has 1 amide bonds. The predicted octanol–water partition coefficient (Wildman–Crippen LogP) is 2.86. The molecule has 1 fully saturated rings. The van der Waals surface area contributed by atoms with Crippen LogP contribution in [0.3, 0.4) is 0 Å². The van der Waals surface area contributed by atoms with E-state index < -0.39 is 0 Å². The highest BCUT2D eigenvalue weighted by molar-refractivity contribution is 7.09. The van der Waals surface area contributed by atoms with Crippen molar-refractivity contribution >= 4 is 17.2 Å². The molecule has 0 spiro atoms. The first-order valence-electron chi connectivity index (χ1n) is 5.88. The summed E-state index contributed by atoms with van der Waals surface area (Å²) in [6.07, 6.45) is 6.10. The van der Waals surface area contributed by atoms with Crippen molar-refractivity contribution in [2.75, 3.05) is 7.05 Å². The Balaban J connectivity index is 2.03. The van der Waals surface area contributed by atoms with E-state index in [1.807, 2.05) is 24.3 Å². The van der Waals surface area contributed by atoms with E-state index in [0.29, 0.717) is 11.7 Å². The van der Waals surface area contributed by atoms with Gasteiger partial charge in [0, 0.05) is 18.5 Å². The number of carbonyl (C=O) groups is 1. The average Bonchev–Trinajstić information content (AvgIpc) is 2.75. The van der Waals surface area contributed by atoms with Crippen LogP contribution in [0.15, 0.2) is 5.38 Å². The summed E-state index contributed by atoms with van der Waals surface area (Å²) in [7, 11) is 1.91. The van der Waals surface area contributed by atoms with Gasteiger partial charge < -0.3 is 4.90 Å². The van der Waals surface area contributed by atoms with Crippen LogP contribution in [0.5, 0.6) is 0 Å². The monoisotopic (exact) mass is 238 g/mol. The lowest BCUT2D eigenvalue weighted by molar-refractivity contribution is 0.0691. The molecule has 1 heterocycles. The van der Waals surface area contributed by atoms with Gasteiger partial charge in [-0.15, -0.1) is 11.3 Å². The lowest BCUT2D eigenvalue weighted by Crippen LogP contribution is -2.38. The molecule has 1 aliphatic carbocycles. The molecule has 4 heteroatoms. The third-order valence-corrected chi connectivity index (χ3v) is 4.05. The number of thiazole rings is 1. The van der Waals surface area contributed by atoms with Crippen molar-refractivity contribution in [3.63, 3.8) is 0 Å². The molecule has 0 aromatic carbocycles. The van der Waals surface area contributed by atoms with Gasteiger partial charge in [0.25, 0.3) is 5.91 Å². The molecule has 1 aromatic rings. The summed E-state index contributed by atoms with van der Waals surface area (Å²) in [4.78, 5) is 18.3. The molecule has 0 aliphatic heterocycles. The quantitative estimate of drug-likeness (QED) is 0.793. The molecule has 16 heavy (non-hydrogen) atoms. The first-order valence-corrected chi connectivity index (χ1v) is 6.76. The highest BCUT2D eigenvalue weighted by atomic mass is 32.1. The molecule has 0 unspecified atom stereocenters.